The van der Waals surface area contributed by atoms with Crippen LogP contribution in [0.5, 0.6) is 0 Å². The fourth-order valence-electron chi connectivity index (χ4n) is 17.7. The van der Waals surface area contributed by atoms with Crippen molar-refractivity contribution < 1.29 is 80.9 Å². The molecule has 0 spiro atoms. The molecular formula is C110H118ClF13N16O5S. The molecule has 2 N–H and O–H groups in total. The van der Waals surface area contributed by atoms with Crippen molar-refractivity contribution in [2.75, 3.05) is 58.6 Å². The molecule has 0 aliphatic carbocycles. The first-order chi connectivity index (χ1) is 66.8. The number of carboxylic acid groups (broad SMARTS) is 1. The molecule has 21 nitrogen and oxygen atoms in total. The van der Waals surface area contributed by atoms with Gasteiger partial charge >= 0.3 is 30.7 Å². The van der Waals surface area contributed by atoms with Crippen LogP contribution in [0.3, 0.4) is 0 Å². The number of hydrogen-bond acceptors (Lipinski definition) is 18. The summed E-state index contributed by atoms with van der Waals surface area (Å²) in [6.45, 7) is 11.3. The second-order valence-corrected chi connectivity index (χ2v) is 34.4. The molecule has 146 heavy (non-hydrogen) atoms. The van der Waals surface area contributed by atoms with E-state index in [0.717, 1.165) is 102 Å². The number of nitriles is 4. The number of pyridine rings is 8. The standard InChI is InChI=1S/3C26H23F3N4O.C15H17F3N2.C11H8N2O2.CH3FS.5CH4.ClH/c3*1-18(19-4-6-21(7-5-19)26(27,28)29)25(17-30)10-15-33(16-11-25)24(34)22-3-2-12-32-23(22)20-8-13-31-14-9-20;1-11(14(10-19)6-8-20-9-7-14)12-2-4-13(5-3-12)15(16,17)18;14-11(15)9-2-1-5-13-10(9)8-3-6-12-7-4-8;1-3-2;;;;;;/h3*2-9,12-14,18H,10-11,15-16H2,1H3;2-5,11,20H,6-9H2,1H3;1-7H,(H,14,15);1H3;5*1H4;1H/t2*18-;;;;;;;;;;/m10........../s1. The van der Waals surface area contributed by atoms with Crippen LogP contribution in [-0.4, -0.2) is 142 Å². The van der Waals surface area contributed by atoms with Gasteiger partial charge in [0.1, 0.15) is 0 Å². The van der Waals surface area contributed by atoms with E-state index in [9.17, 15) is 96.8 Å². The molecule has 12 heterocycles. The first kappa shape index (κ1) is 122. The van der Waals surface area contributed by atoms with Gasteiger partial charge in [0.2, 0.25) is 0 Å². The molecule has 16 rings (SSSR count). The number of nitrogens with zero attached hydrogens (tertiary/aromatic N) is 15. The lowest BCUT2D eigenvalue weighted by molar-refractivity contribution is -0.138. The van der Waals surface area contributed by atoms with Gasteiger partial charge in [-0.15, -0.1) is 12.4 Å². The predicted molar refractivity (Wildman–Crippen MR) is 541 cm³/mol. The Morgan fingerprint density at radius 2 is 0.514 bits per heavy atom. The topological polar surface area (TPSA) is 309 Å². The Labute approximate surface area is 854 Å². The molecule has 4 aliphatic heterocycles. The van der Waals surface area contributed by atoms with Crippen LogP contribution >= 0.6 is 24.6 Å². The average molecular weight is 2060 g/mol. The van der Waals surface area contributed by atoms with Gasteiger partial charge in [-0.3, -0.25) is 54.3 Å². The lowest BCUT2D eigenvalue weighted by Crippen LogP contribution is -2.44. The number of benzene rings is 4. The fourth-order valence-corrected chi connectivity index (χ4v) is 17.7. The largest absolute Gasteiger partial charge is 0.478 e. The van der Waals surface area contributed by atoms with Gasteiger partial charge in [-0.2, -0.15) is 77.6 Å². The smallest absolute Gasteiger partial charge is 0.416 e. The number of carboxylic acids is 1. The third-order valence-electron chi connectivity index (χ3n) is 26.5. The average Bonchev–Trinajstić information content (AvgIpc) is 0.790. The van der Waals surface area contributed by atoms with E-state index >= 15 is 0 Å². The summed E-state index contributed by atoms with van der Waals surface area (Å²) < 4.78 is 164. The van der Waals surface area contributed by atoms with Gasteiger partial charge in [0.25, 0.3) is 17.7 Å². The highest BCUT2D eigenvalue weighted by atomic mass is 35.5. The van der Waals surface area contributed by atoms with Crippen molar-refractivity contribution in [2.24, 2.45) is 21.7 Å². The van der Waals surface area contributed by atoms with Crippen LogP contribution in [0.4, 0.5) is 56.6 Å². The second kappa shape index (κ2) is 54.5. The number of halogens is 14. The number of hydrogen-bond donors (Lipinski definition) is 2. The minimum atomic E-state index is -4.40. The van der Waals surface area contributed by atoms with Gasteiger partial charge in [0.05, 0.1) is 113 Å². The molecule has 12 aromatic rings. The number of alkyl halides is 12. The number of carbonyl (C=O) groups is 4. The quantitative estimate of drug-likeness (QED) is 0.0849. The molecule has 772 valence electrons. The molecule has 3 amide bonds. The number of amides is 3. The van der Waals surface area contributed by atoms with Crippen molar-refractivity contribution in [3.63, 3.8) is 0 Å². The summed E-state index contributed by atoms with van der Waals surface area (Å²) in [4.78, 5) is 89.3. The number of rotatable bonds is 16. The summed E-state index contributed by atoms with van der Waals surface area (Å²) in [7, 11) is 0. The third-order valence-corrected chi connectivity index (χ3v) is 26.5. The first-order valence-corrected chi connectivity index (χ1v) is 45.7. The number of aromatic nitrogens is 8. The van der Waals surface area contributed by atoms with E-state index in [0.29, 0.717) is 134 Å². The zero-order chi connectivity index (χ0) is 101. The van der Waals surface area contributed by atoms with E-state index in [-0.39, 0.29) is 109 Å². The maximum atomic E-state index is 13.3. The molecule has 0 radical (unpaired) electrons. The molecule has 4 aromatic carbocycles. The van der Waals surface area contributed by atoms with Crippen LogP contribution in [0.2, 0.25) is 0 Å². The first-order valence-electron chi connectivity index (χ1n) is 44.6. The summed E-state index contributed by atoms with van der Waals surface area (Å²) in [5.74, 6) is -2.35. The summed E-state index contributed by atoms with van der Waals surface area (Å²) in [5, 5.41) is 51.8. The van der Waals surface area contributed by atoms with Crippen LogP contribution < -0.4 is 5.32 Å². The van der Waals surface area contributed by atoms with Crippen molar-refractivity contribution in [3.05, 3.63) is 335 Å². The molecular weight excluding hydrogens is 1940 g/mol. The summed E-state index contributed by atoms with van der Waals surface area (Å²) >= 11 is 0.250. The fraction of sp³-hybridized carbons (Fsp3) is 0.345. The predicted octanol–water partition coefficient (Wildman–Crippen LogP) is 27.5. The molecule has 4 fully saturated rings. The molecule has 36 heteroatoms. The summed E-state index contributed by atoms with van der Waals surface area (Å²) in [6, 6.07) is 57.6. The number of aromatic carboxylic acids is 1. The number of nitrogens with one attached hydrogen (secondary N) is 1. The Hall–Kier alpha value is -14.4. The Bertz CT molecular complexity index is 5870. The van der Waals surface area contributed by atoms with Gasteiger partial charge in [-0.05, 0) is 256 Å². The lowest BCUT2D eigenvalue weighted by atomic mass is 9.68. The maximum absolute atomic E-state index is 13.3. The Morgan fingerprint density at radius 1 is 0.329 bits per heavy atom. The Balaban J connectivity index is 0.000000323. The zero-order valence-corrected chi connectivity index (χ0v) is 78.7. The van der Waals surface area contributed by atoms with Crippen LogP contribution in [0.1, 0.15) is 226 Å². The maximum Gasteiger partial charge on any atom is 0.416 e. The highest BCUT2D eigenvalue weighted by molar-refractivity contribution is 7.93. The number of likely N-dealkylation sites (tertiary alicyclic amines) is 3. The van der Waals surface area contributed by atoms with Gasteiger partial charge in [-0.1, -0.05) is 113 Å². The third kappa shape index (κ3) is 29.9. The summed E-state index contributed by atoms with van der Waals surface area (Å²) in [6.07, 6.45) is 7.45. The molecule has 2 unspecified atom stereocenters. The molecule has 0 saturated carbocycles. The molecule has 4 saturated heterocycles. The van der Waals surface area contributed by atoms with E-state index in [2.05, 4.69) is 69.5 Å². The van der Waals surface area contributed by atoms with Gasteiger partial charge in [0.15, 0.2) is 0 Å². The van der Waals surface area contributed by atoms with Crippen molar-refractivity contribution >= 4 is 48.2 Å². The lowest BCUT2D eigenvalue weighted by Gasteiger charge is -2.41. The minimum absolute atomic E-state index is 0. The van der Waals surface area contributed by atoms with Gasteiger partial charge < -0.3 is 25.1 Å². The van der Waals surface area contributed by atoms with Crippen LogP contribution in [0, 0.1) is 67.0 Å². The van der Waals surface area contributed by atoms with E-state index in [1.54, 1.807) is 180 Å². The van der Waals surface area contributed by atoms with Crippen LogP contribution in [0.25, 0.3) is 45.0 Å². The molecule has 8 aromatic heterocycles. The Morgan fingerprint density at radius 3 is 0.699 bits per heavy atom. The number of carbonyl (C=O) groups excluding carboxylic acids is 3. The molecule has 4 atom stereocenters. The van der Waals surface area contributed by atoms with Gasteiger partial charge in [0, 0.05) is 154 Å². The zero-order valence-electron chi connectivity index (χ0n) is 77.0. The van der Waals surface area contributed by atoms with Crippen molar-refractivity contribution in [2.45, 2.75) is 165 Å². The summed E-state index contributed by atoms with van der Waals surface area (Å²) in [5.41, 5.74) is 4.23. The highest BCUT2D eigenvalue weighted by Crippen LogP contribution is 2.50. The van der Waals surface area contributed by atoms with Crippen molar-refractivity contribution in [3.8, 4) is 69.3 Å². The molecule has 0 bridgehead atoms. The SMILES string of the molecule is C.C.C.C.C.CC(c1ccc(C(F)(F)F)cc1)C1(C#N)CCN(C(=O)c2cccnc2-c2ccncc2)CC1.CC(c1ccc(C(F)(F)F)cc1)C1(C#N)CCNCC1.CSF.C[C@@H](c1ccc(C(F)(F)F)cc1)C1(C#N)CCN(C(=O)c2cccnc2-c2ccncc2)CC1.C[C@H](c1ccc(C(F)(F)F)cc1)C1(C#N)CCN(C(=O)c2cccnc2-c2ccncc2)CC1.Cl.O=C(O)c1cccnc1-c1ccncc1. The van der Waals surface area contributed by atoms with Crippen LogP contribution in [0.15, 0.2) is 268 Å². The van der Waals surface area contributed by atoms with E-state index < -0.39 is 74.6 Å². The molecule has 4 aliphatic rings. The van der Waals surface area contributed by atoms with Gasteiger partial charge in [-0.25, -0.2) is 4.79 Å². The van der Waals surface area contributed by atoms with E-state index in [1.165, 1.54) is 60.9 Å². The van der Waals surface area contributed by atoms with Crippen molar-refractivity contribution in [1.82, 2.24) is 59.9 Å². The van der Waals surface area contributed by atoms with E-state index in [4.69, 9.17) is 5.11 Å². The number of piperidine rings is 4. The second-order valence-electron chi connectivity index (χ2n) is 34.1. The van der Waals surface area contributed by atoms with Crippen molar-refractivity contribution in [1.29, 1.82) is 21.0 Å². The highest BCUT2D eigenvalue weighted by Gasteiger charge is 2.47. The monoisotopic (exact) mass is 2060 g/mol. The minimum Gasteiger partial charge on any atom is -0.478 e. The van der Waals surface area contributed by atoms with E-state index in [1.807, 2.05) is 27.7 Å². The normalized spacial score (nSPS) is 15.4. The Kier molecular flexibility index (Phi) is 45.6. The van der Waals surface area contributed by atoms with Crippen LogP contribution in [-0.2, 0) is 24.7 Å².